The van der Waals surface area contributed by atoms with E-state index < -0.39 is 24.2 Å². The molecule has 0 aromatic heterocycles. The fourth-order valence-corrected chi connectivity index (χ4v) is 1.03. The summed E-state index contributed by atoms with van der Waals surface area (Å²) in [5.74, 6) is -2.41. The summed E-state index contributed by atoms with van der Waals surface area (Å²) in [6, 6.07) is 0. The van der Waals surface area contributed by atoms with E-state index in [1.807, 2.05) is 0 Å². The van der Waals surface area contributed by atoms with Crippen LogP contribution in [0.25, 0.3) is 0 Å². The second-order valence-electron chi connectivity index (χ2n) is 2.55. The number of esters is 1. The molecule has 0 aromatic rings. The van der Waals surface area contributed by atoms with Crippen molar-refractivity contribution in [3.63, 3.8) is 0 Å². The molecule has 1 aliphatic rings. The molecule has 0 unspecified atom stereocenters. The SMILES string of the molecule is O=C1OCC[C@H]1[C@H](O)C(F)(F)F. The Kier molecular flexibility index (Phi) is 2.27. The van der Waals surface area contributed by atoms with Gasteiger partial charge in [0.2, 0.25) is 0 Å². The number of halogens is 3. The zero-order valence-corrected chi connectivity index (χ0v) is 5.97. The Bertz CT molecular complexity index is 189. The van der Waals surface area contributed by atoms with Crippen LogP contribution in [0.15, 0.2) is 0 Å². The minimum atomic E-state index is -4.74. The topological polar surface area (TPSA) is 46.5 Å². The summed E-state index contributed by atoms with van der Waals surface area (Å²) in [4.78, 5) is 10.6. The second-order valence-corrected chi connectivity index (χ2v) is 2.55. The Morgan fingerprint density at radius 1 is 1.58 bits per heavy atom. The van der Waals surface area contributed by atoms with Gasteiger partial charge in [0.05, 0.1) is 12.5 Å². The first-order valence-electron chi connectivity index (χ1n) is 3.34. The van der Waals surface area contributed by atoms with E-state index in [1.165, 1.54) is 0 Å². The van der Waals surface area contributed by atoms with E-state index in [1.54, 1.807) is 0 Å². The van der Waals surface area contributed by atoms with Gasteiger partial charge in [0.25, 0.3) is 0 Å². The molecule has 1 N–H and O–H groups in total. The lowest BCUT2D eigenvalue weighted by Crippen LogP contribution is -2.38. The van der Waals surface area contributed by atoms with Crippen LogP contribution in [0.3, 0.4) is 0 Å². The second kappa shape index (κ2) is 2.93. The third-order valence-electron chi connectivity index (χ3n) is 1.69. The lowest BCUT2D eigenvalue weighted by atomic mass is 10.0. The molecule has 6 heteroatoms. The number of carbonyl (C=O) groups excluding carboxylic acids is 1. The minimum absolute atomic E-state index is 0.0450. The van der Waals surface area contributed by atoms with Crippen LogP contribution in [0.5, 0.6) is 0 Å². The first-order valence-corrected chi connectivity index (χ1v) is 3.34. The van der Waals surface area contributed by atoms with Gasteiger partial charge in [-0.25, -0.2) is 0 Å². The van der Waals surface area contributed by atoms with E-state index in [9.17, 15) is 18.0 Å². The Morgan fingerprint density at radius 2 is 2.17 bits per heavy atom. The van der Waals surface area contributed by atoms with Crippen LogP contribution in [0, 0.1) is 5.92 Å². The maximum atomic E-state index is 11.8. The first-order chi connectivity index (χ1) is 5.43. The Labute approximate surface area is 66.1 Å². The molecular formula is C6H7F3O3. The summed E-state index contributed by atoms with van der Waals surface area (Å²) in [6.07, 6.45) is -7.40. The van der Waals surface area contributed by atoms with Crippen molar-refractivity contribution < 1.29 is 27.8 Å². The van der Waals surface area contributed by atoms with E-state index >= 15 is 0 Å². The van der Waals surface area contributed by atoms with Crippen LogP contribution in [0.4, 0.5) is 13.2 Å². The molecule has 2 atom stereocenters. The van der Waals surface area contributed by atoms with Gasteiger partial charge >= 0.3 is 12.1 Å². The molecule has 3 nitrogen and oxygen atoms in total. The van der Waals surface area contributed by atoms with Crippen molar-refractivity contribution in [2.24, 2.45) is 5.92 Å². The van der Waals surface area contributed by atoms with Crippen LogP contribution < -0.4 is 0 Å². The number of hydrogen-bond acceptors (Lipinski definition) is 3. The maximum Gasteiger partial charge on any atom is 0.415 e. The highest BCUT2D eigenvalue weighted by atomic mass is 19.4. The van der Waals surface area contributed by atoms with Gasteiger partial charge in [0, 0.05) is 0 Å². The number of aliphatic hydroxyl groups is 1. The Morgan fingerprint density at radius 3 is 2.50 bits per heavy atom. The molecule has 1 fully saturated rings. The number of hydrogen-bond donors (Lipinski definition) is 1. The average molecular weight is 184 g/mol. The zero-order chi connectivity index (χ0) is 9.35. The minimum Gasteiger partial charge on any atom is -0.465 e. The van der Waals surface area contributed by atoms with Crippen molar-refractivity contribution in [1.29, 1.82) is 0 Å². The molecule has 12 heavy (non-hydrogen) atoms. The van der Waals surface area contributed by atoms with E-state index in [2.05, 4.69) is 4.74 Å². The van der Waals surface area contributed by atoms with Crippen molar-refractivity contribution in [3.8, 4) is 0 Å². The van der Waals surface area contributed by atoms with Crippen LogP contribution in [-0.2, 0) is 9.53 Å². The third-order valence-corrected chi connectivity index (χ3v) is 1.69. The van der Waals surface area contributed by atoms with Gasteiger partial charge in [-0.2, -0.15) is 13.2 Å². The highest BCUT2D eigenvalue weighted by Crippen LogP contribution is 2.30. The van der Waals surface area contributed by atoms with E-state index in [0.717, 1.165) is 0 Å². The molecule has 1 saturated heterocycles. The van der Waals surface area contributed by atoms with Crippen LogP contribution in [0.1, 0.15) is 6.42 Å². The summed E-state index contributed by atoms with van der Waals surface area (Å²) < 4.78 is 39.7. The highest BCUT2D eigenvalue weighted by Gasteiger charge is 2.48. The summed E-state index contributed by atoms with van der Waals surface area (Å²) >= 11 is 0. The predicted molar refractivity (Wildman–Crippen MR) is 31.1 cm³/mol. The first kappa shape index (κ1) is 9.31. The van der Waals surface area contributed by atoms with Gasteiger partial charge in [-0.15, -0.1) is 0 Å². The molecule has 70 valence electrons. The summed E-state index contributed by atoms with van der Waals surface area (Å²) in [5.41, 5.74) is 0. The van der Waals surface area contributed by atoms with Gasteiger partial charge in [-0.05, 0) is 6.42 Å². The smallest absolute Gasteiger partial charge is 0.415 e. The third kappa shape index (κ3) is 1.69. The van der Waals surface area contributed by atoms with Crippen LogP contribution in [0.2, 0.25) is 0 Å². The van der Waals surface area contributed by atoms with Crippen molar-refractivity contribution in [1.82, 2.24) is 0 Å². The largest absolute Gasteiger partial charge is 0.465 e. The molecule has 1 rings (SSSR count). The standard InChI is InChI=1S/C6H7F3O3/c7-6(8,9)4(10)3-1-2-12-5(3)11/h3-4,10H,1-2H2/t3-,4-/m0/s1. The number of aliphatic hydroxyl groups excluding tert-OH is 1. The van der Waals surface area contributed by atoms with E-state index in [4.69, 9.17) is 5.11 Å². The number of cyclic esters (lactones) is 1. The number of alkyl halides is 3. The van der Waals surface area contributed by atoms with Gasteiger partial charge in [-0.3, -0.25) is 4.79 Å². The molecule has 1 aliphatic heterocycles. The number of ether oxygens (including phenoxy) is 1. The zero-order valence-electron chi connectivity index (χ0n) is 5.97. The van der Waals surface area contributed by atoms with E-state index in [0.29, 0.717) is 0 Å². The van der Waals surface area contributed by atoms with Gasteiger partial charge in [-0.1, -0.05) is 0 Å². The van der Waals surface area contributed by atoms with Crippen molar-refractivity contribution in [2.75, 3.05) is 6.61 Å². The Balaban J connectivity index is 2.63. The monoisotopic (exact) mass is 184 g/mol. The molecule has 1 heterocycles. The molecule has 0 saturated carbocycles. The molecule has 0 radical (unpaired) electrons. The maximum absolute atomic E-state index is 11.8. The van der Waals surface area contributed by atoms with Crippen molar-refractivity contribution in [2.45, 2.75) is 18.7 Å². The van der Waals surface area contributed by atoms with Gasteiger partial charge < -0.3 is 9.84 Å². The predicted octanol–water partition coefficient (Wildman–Crippen LogP) is 0.473. The lowest BCUT2D eigenvalue weighted by Gasteiger charge is -2.17. The molecular weight excluding hydrogens is 177 g/mol. The molecule has 0 aliphatic carbocycles. The van der Waals surface area contributed by atoms with Crippen molar-refractivity contribution in [3.05, 3.63) is 0 Å². The van der Waals surface area contributed by atoms with E-state index in [-0.39, 0.29) is 13.0 Å². The molecule has 0 aromatic carbocycles. The summed E-state index contributed by atoms with van der Waals surface area (Å²) in [6.45, 7) is -0.0450. The van der Waals surface area contributed by atoms with Gasteiger partial charge in [0.1, 0.15) is 0 Å². The number of rotatable bonds is 1. The highest BCUT2D eigenvalue weighted by molar-refractivity contribution is 5.74. The van der Waals surface area contributed by atoms with Crippen LogP contribution >= 0.6 is 0 Å². The molecule has 0 amide bonds. The summed E-state index contributed by atoms with van der Waals surface area (Å²) in [5, 5.41) is 8.63. The fourth-order valence-electron chi connectivity index (χ4n) is 1.03. The fraction of sp³-hybridized carbons (Fsp3) is 0.833. The normalized spacial score (nSPS) is 27.0. The average Bonchev–Trinajstić information content (AvgIpc) is 2.31. The quantitative estimate of drug-likeness (QED) is 0.602. The van der Waals surface area contributed by atoms with Gasteiger partial charge in [0.15, 0.2) is 6.10 Å². The number of carbonyl (C=O) groups is 1. The Hall–Kier alpha value is -0.780. The lowest BCUT2D eigenvalue weighted by molar-refractivity contribution is -0.219. The van der Waals surface area contributed by atoms with Crippen LogP contribution in [-0.4, -0.2) is 30.0 Å². The molecule has 0 spiro atoms. The van der Waals surface area contributed by atoms with Crippen molar-refractivity contribution >= 4 is 5.97 Å². The molecule has 0 bridgehead atoms. The summed E-state index contributed by atoms with van der Waals surface area (Å²) in [7, 11) is 0.